The molecular weight excluding hydrogens is 158 g/mol. The van der Waals surface area contributed by atoms with Crippen molar-refractivity contribution in [3.05, 3.63) is 0 Å². The summed E-state index contributed by atoms with van der Waals surface area (Å²) in [6.45, 7) is 2.33. The van der Waals surface area contributed by atoms with Crippen LogP contribution in [0.3, 0.4) is 0 Å². The van der Waals surface area contributed by atoms with Gasteiger partial charge in [0.05, 0.1) is 6.61 Å². The van der Waals surface area contributed by atoms with Gasteiger partial charge in [-0.05, 0) is 0 Å². The highest BCUT2D eigenvalue weighted by atomic mass is 16.5. The summed E-state index contributed by atoms with van der Waals surface area (Å²) in [6.07, 6.45) is 0.735. The Kier molecular flexibility index (Phi) is 2.47. The van der Waals surface area contributed by atoms with E-state index in [0.29, 0.717) is 19.4 Å². The van der Waals surface area contributed by atoms with Gasteiger partial charge in [0, 0.05) is 25.4 Å². The van der Waals surface area contributed by atoms with Gasteiger partial charge in [-0.1, -0.05) is 6.92 Å². The van der Waals surface area contributed by atoms with Gasteiger partial charge in [0.1, 0.15) is 0 Å². The molecule has 12 heavy (non-hydrogen) atoms. The molecule has 0 aliphatic carbocycles. The maximum absolute atomic E-state index is 11.0. The molecule has 4 heteroatoms. The van der Waals surface area contributed by atoms with Crippen molar-refractivity contribution in [1.82, 2.24) is 5.32 Å². The molecule has 1 rings (SSSR count). The number of piperidine rings is 1. The number of carbonyl (C=O) groups excluding carboxylic acids is 2. The molecule has 1 N–H and O–H groups in total. The minimum Gasteiger partial charge on any atom is -0.384 e. The number of methoxy groups -OCH3 is 1. The minimum atomic E-state index is -0.311. The molecule has 0 aromatic heterocycles. The summed E-state index contributed by atoms with van der Waals surface area (Å²) < 4.78 is 4.95. The molecular formula is C8H13NO3. The lowest BCUT2D eigenvalue weighted by Gasteiger charge is -2.30. The average molecular weight is 171 g/mol. The first-order valence-electron chi connectivity index (χ1n) is 3.87. The van der Waals surface area contributed by atoms with Crippen LogP contribution in [-0.4, -0.2) is 25.5 Å². The molecule has 0 radical (unpaired) electrons. The van der Waals surface area contributed by atoms with E-state index in [0.717, 1.165) is 0 Å². The van der Waals surface area contributed by atoms with Crippen molar-refractivity contribution in [1.29, 1.82) is 0 Å². The molecule has 4 nitrogen and oxygen atoms in total. The summed E-state index contributed by atoms with van der Waals surface area (Å²) in [4.78, 5) is 22.0. The Morgan fingerprint density at radius 1 is 1.42 bits per heavy atom. The second-order valence-corrected chi connectivity index (χ2v) is 3.57. The lowest BCUT2D eigenvalue weighted by atomic mass is 9.81. The van der Waals surface area contributed by atoms with Crippen LogP contribution < -0.4 is 5.32 Å². The van der Waals surface area contributed by atoms with Crippen LogP contribution in [0.1, 0.15) is 19.8 Å². The van der Waals surface area contributed by atoms with Crippen molar-refractivity contribution in [2.75, 3.05) is 13.7 Å². The fourth-order valence-electron chi connectivity index (χ4n) is 1.53. The minimum absolute atomic E-state index is 0.203. The van der Waals surface area contributed by atoms with Gasteiger partial charge in [-0.2, -0.15) is 0 Å². The SMILES string of the molecule is COCC1(C)CC(=O)NC(=O)C1. The molecule has 0 aromatic carbocycles. The normalized spacial score (nSPS) is 22.2. The summed E-state index contributed by atoms with van der Waals surface area (Å²) in [5, 5.41) is 2.26. The molecule has 2 amide bonds. The van der Waals surface area contributed by atoms with Crippen molar-refractivity contribution in [3.63, 3.8) is 0 Å². The standard InChI is InChI=1S/C8H13NO3/c1-8(5-12-2)3-6(10)9-7(11)4-8/h3-5H2,1-2H3,(H,9,10,11). The molecule has 0 atom stereocenters. The fraction of sp³-hybridized carbons (Fsp3) is 0.750. The topological polar surface area (TPSA) is 55.4 Å². The average Bonchev–Trinajstić information content (AvgIpc) is 1.82. The van der Waals surface area contributed by atoms with Gasteiger partial charge >= 0.3 is 0 Å². The zero-order chi connectivity index (χ0) is 9.19. The van der Waals surface area contributed by atoms with Crippen molar-refractivity contribution >= 4 is 11.8 Å². The van der Waals surface area contributed by atoms with Crippen LogP contribution in [0, 0.1) is 5.41 Å². The maximum atomic E-state index is 11.0. The quantitative estimate of drug-likeness (QED) is 0.598. The predicted octanol–water partition coefficient (Wildman–Crippen LogP) is 0.0757. The van der Waals surface area contributed by atoms with E-state index < -0.39 is 0 Å². The van der Waals surface area contributed by atoms with Gasteiger partial charge in [0.25, 0.3) is 0 Å². The van der Waals surface area contributed by atoms with Crippen molar-refractivity contribution in [2.45, 2.75) is 19.8 Å². The van der Waals surface area contributed by atoms with Gasteiger partial charge in [0.15, 0.2) is 0 Å². The molecule has 1 aliphatic heterocycles. The van der Waals surface area contributed by atoms with Crippen molar-refractivity contribution < 1.29 is 14.3 Å². The molecule has 68 valence electrons. The third-order valence-corrected chi connectivity index (χ3v) is 1.95. The summed E-state index contributed by atoms with van der Waals surface area (Å²) >= 11 is 0. The van der Waals surface area contributed by atoms with E-state index in [4.69, 9.17) is 4.74 Å². The van der Waals surface area contributed by atoms with Gasteiger partial charge < -0.3 is 4.74 Å². The molecule has 0 aromatic rings. The fourth-order valence-corrected chi connectivity index (χ4v) is 1.53. The molecule has 0 spiro atoms. The summed E-state index contributed by atoms with van der Waals surface area (Å²) in [5.41, 5.74) is -0.311. The maximum Gasteiger partial charge on any atom is 0.227 e. The smallest absolute Gasteiger partial charge is 0.227 e. The molecule has 1 saturated heterocycles. The first-order valence-corrected chi connectivity index (χ1v) is 3.87. The van der Waals surface area contributed by atoms with E-state index in [9.17, 15) is 9.59 Å². The monoisotopic (exact) mass is 171 g/mol. The van der Waals surface area contributed by atoms with Crippen LogP contribution in [0.4, 0.5) is 0 Å². The van der Waals surface area contributed by atoms with Crippen LogP contribution in [-0.2, 0) is 14.3 Å². The van der Waals surface area contributed by atoms with Crippen molar-refractivity contribution in [3.8, 4) is 0 Å². The Bertz CT molecular complexity index is 196. The summed E-state index contributed by atoms with van der Waals surface area (Å²) in [7, 11) is 1.57. The first-order chi connectivity index (χ1) is 5.56. The Hall–Kier alpha value is -0.900. The molecule has 0 saturated carbocycles. The number of nitrogens with one attached hydrogen (secondary N) is 1. The van der Waals surface area contributed by atoms with Crippen LogP contribution in [0.5, 0.6) is 0 Å². The van der Waals surface area contributed by atoms with Gasteiger partial charge in [-0.15, -0.1) is 0 Å². The summed E-state index contributed by atoms with van der Waals surface area (Å²) in [6, 6.07) is 0. The van der Waals surface area contributed by atoms with Crippen LogP contribution in [0.2, 0.25) is 0 Å². The third kappa shape index (κ3) is 2.04. The second kappa shape index (κ2) is 3.23. The van der Waals surface area contributed by atoms with Gasteiger partial charge in [-0.25, -0.2) is 0 Å². The predicted molar refractivity (Wildman–Crippen MR) is 42.4 cm³/mol. The Morgan fingerprint density at radius 2 is 1.92 bits per heavy atom. The Morgan fingerprint density at radius 3 is 2.33 bits per heavy atom. The number of hydrogen-bond donors (Lipinski definition) is 1. The number of hydrogen-bond acceptors (Lipinski definition) is 3. The highest BCUT2D eigenvalue weighted by Gasteiger charge is 2.35. The van der Waals surface area contributed by atoms with E-state index in [1.807, 2.05) is 6.92 Å². The van der Waals surface area contributed by atoms with E-state index in [1.54, 1.807) is 7.11 Å². The molecule has 1 aliphatic rings. The number of amides is 2. The van der Waals surface area contributed by atoms with Crippen LogP contribution in [0.15, 0.2) is 0 Å². The third-order valence-electron chi connectivity index (χ3n) is 1.95. The largest absolute Gasteiger partial charge is 0.384 e. The lowest BCUT2D eigenvalue weighted by Crippen LogP contribution is -2.45. The number of carbonyl (C=O) groups is 2. The van der Waals surface area contributed by atoms with Crippen molar-refractivity contribution in [2.24, 2.45) is 5.41 Å². The van der Waals surface area contributed by atoms with E-state index >= 15 is 0 Å². The molecule has 0 unspecified atom stereocenters. The molecule has 0 bridgehead atoms. The zero-order valence-electron chi connectivity index (χ0n) is 7.35. The zero-order valence-corrected chi connectivity index (χ0v) is 7.35. The highest BCUT2D eigenvalue weighted by Crippen LogP contribution is 2.28. The number of ether oxygens (including phenoxy) is 1. The van der Waals surface area contributed by atoms with E-state index in [1.165, 1.54) is 0 Å². The number of rotatable bonds is 2. The van der Waals surface area contributed by atoms with E-state index in [2.05, 4.69) is 5.32 Å². The van der Waals surface area contributed by atoms with Crippen LogP contribution in [0.25, 0.3) is 0 Å². The first kappa shape index (κ1) is 9.19. The van der Waals surface area contributed by atoms with Crippen LogP contribution >= 0.6 is 0 Å². The van der Waals surface area contributed by atoms with Gasteiger partial charge in [0.2, 0.25) is 11.8 Å². The molecule has 1 heterocycles. The number of imide groups is 1. The Labute approximate surface area is 71.3 Å². The van der Waals surface area contributed by atoms with E-state index in [-0.39, 0.29) is 17.2 Å². The second-order valence-electron chi connectivity index (χ2n) is 3.57. The molecule has 1 fully saturated rings. The summed E-state index contributed by atoms with van der Waals surface area (Å²) in [5.74, 6) is -0.406. The lowest BCUT2D eigenvalue weighted by molar-refractivity contribution is -0.139. The Balaban J connectivity index is 2.64. The highest BCUT2D eigenvalue weighted by molar-refractivity contribution is 5.98. The van der Waals surface area contributed by atoms with Gasteiger partial charge in [-0.3, -0.25) is 14.9 Å².